The lowest BCUT2D eigenvalue weighted by atomic mass is 9.98. The van der Waals surface area contributed by atoms with Crippen molar-refractivity contribution in [1.29, 1.82) is 0 Å². The molecule has 5 nitrogen and oxygen atoms in total. The molecule has 0 aromatic heterocycles. The summed E-state index contributed by atoms with van der Waals surface area (Å²) in [5.74, 6) is -0.215. The van der Waals surface area contributed by atoms with Gasteiger partial charge in [-0.1, -0.05) is 31.2 Å². The molecular weight excluding hydrogens is 310 g/mol. The van der Waals surface area contributed by atoms with Gasteiger partial charge in [-0.2, -0.15) is 0 Å². The molecule has 0 spiro atoms. The highest BCUT2D eigenvalue weighted by molar-refractivity contribution is 7.93. The summed E-state index contributed by atoms with van der Waals surface area (Å²) in [4.78, 5) is -1.15. The summed E-state index contributed by atoms with van der Waals surface area (Å²) < 4.78 is 26.4. The van der Waals surface area contributed by atoms with Gasteiger partial charge in [0.15, 0.2) is 9.84 Å². The number of hydrogen-bond acceptors (Lipinski definition) is 5. The van der Waals surface area contributed by atoms with Crippen molar-refractivity contribution >= 4 is 26.3 Å². The van der Waals surface area contributed by atoms with Gasteiger partial charge in [0.25, 0.3) is 0 Å². The summed E-state index contributed by atoms with van der Waals surface area (Å²) in [5.41, 5.74) is 18.3. The summed E-state index contributed by atoms with van der Waals surface area (Å²) >= 11 is 0. The first-order chi connectivity index (χ1) is 10.7. The average molecular weight is 335 g/mol. The maximum Gasteiger partial charge on any atom is 0.197 e. The normalized spacial score (nSPS) is 16.2. The second-order valence-electron chi connectivity index (χ2n) is 6.22. The molecule has 0 radical (unpaired) electrons. The molecule has 2 atom stereocenters. The highest BCUT2D eigenvalue weighted by Gasteiger charge is 2.41. The van der Waals surface area contributed by atoms with Crippen LogP contribution >= 0.6 is 0 Å². The Bertz CT molecular complexity index is 801. The predicted octanol–water partition coefficient (Wildman–Crippen LogP) is 2.25. The third-order valence-electron chi connectivity index (χ3n) is 4.61. The fourth-order valence-electron chi connectivity index (χ4n) is 2.74. The van der Waals surface area contributed by atoms with E-state index in [4.69, 9.17) is 17.2 Å². The molecule has 0 saturated heterocycles. The summed E-state index contributed by atoms with van der Waals surface area (Å²) in [6, 6.07) is 10.4. The highest BCUT2D eigenvalue weighted by atomic mass is 32.2. The zero-order chi connectivity index (χ0) is 17.3. The first-order valence-electron chi connectivity index (χ1n) is 7.74. The second kappa shape index (κ2) is 6.47. The Morgan fingerprint density at radius 3 is 2.35 bits per heavy atom. The lowest BCUT2D eigenvalue weighted by Crippen LogP contribution is -2.50. The summed E-state index contributed by atoms with van der Waals surface area (Å²) in [5, 5.41) is 1.33. The Labute approximate surface area is 137 Å². The molecule has 0 aliphatic heterocycles. The monoisotopic (exact) mass is 335 g/mol. The van der Waals surface area contributed by atoms with Crippen LogP contribution in [0.1, 0.15) is 26.7 Å². The second-order valence-corrected chi connectivity index (χ2v) is 8.54. The van der Waals surface area contributed by atoms with Crippen molar-refractivity contribution in [2.24, 2.45) is 17.4 Å². The first-order valence-corrected chi connectivity index (χ1v) is 9.22. The van der Waals surface area contributed by atoms with Gasteiger partial charge in [-0.15, -0.1) is 0 Å². The molecule has 0 amide bonds. The summed E-state index contributed by atoms with van der Waals surface area (Å²) in [7, 11) is -3.73. The molecule has 0 heterocycles. The number of sulfone groups is 1. The van der Waals surface area contributed by atoms with Gasteiger partial charge < -0.3 is 17.2 Å². The van der Waals surface area contributed by atoms with Crippen LogP contribution in [0.3, 0.4) is 0 Å². The molecule has 2 aromatic carbocycles. The van der Waals surface area contributed by atoms with Gasteiger partial charge in [-0.05, 0) is 44.4 Å². The average Bonchev–Trinajstić information content (AvgIpc) is 2.52. The van der Waals surface area contributed by atoms with Gasteiger partial charge in [0.1, 0.15) is 4.87 Å². The van der Waals surface area contributed by atoms with E-state index in [1.807, 2.05) is 19.1 Å². The molecule has 0 fully saturated rings. The van der Waals surface area contributed by atoms with Crippen LogP contribution in [-0.4, -0.2) is 19.8 Å². The van der Waals surface area contributed by atoms with Crippen molar-refractivity contribution in [2.75, 3.05) is 12.3 Å². The molecule has 6 heteroatoms. The van der Waals surface area contributed by atoms with E-state index >= 15 is 0 Å². The molecule has 126 valence electrons. The van der Waals surface area contributed by atoms with Crippen LogP contribution in [-0.2, 0) is 9.84 Å². The Hall–Kier alpha value is -1.63. The van der Waals surface area contributed by atoms with Crippen molar-refractivity contribution in [2.45, 2.75) is 36.5 Å². The van der Waals surface area contributed by atoms with Gasteiger partial charge in [0, 0.05) is 16.5 Å². The quantitative estimate of drug-likeness (QED) is 0.701. The van der Waals surface area contributed by atoms with E-state index in [9.17, 15) is 8.42 Å². The Morgan fingerprint density at radius 1 is 1.13 bits per heavy atom. The van der Waals surface area contributed by atoms with Gasteiger partial charge >= 0.3 is 0 Å². The maximum absolute atomic E-state index is 13.2. The molecule has 0 aliphatic rings. The first kappa shape index (κ1) is 17.7. The van der Waals surface area contributed by atoms with Crippen molar-refractivity contribution in [3.8, 4) is 0 Å². The van der Waals surface area contributed by atoms with Crippen LogP contribution in [0.4, 0.5) is 5.69 Å². The molecule has 2 rings (SSSR count). The number of benzene rings is 2. The van der Waals surface area contributed by atoms with Gasteiger partial charge in [-0.3, -0.25) is 0 Å². The van der Waals surface area contributed by atoms with Crippen molar-refractivity contribution in [1.82, 2.24) is 0 Å². The minimum Gasteiger partial charge on any atom is -0.398 e. The molecular formula is C17H25N3O2S. The molecule has 2 aromatic rings. The molecule has 6 N–H and O–H groups in total. The van der Waals surface area contributed by atoms with E-state index in [0.717, 1.165) is 11.8 Å². The minimum atomic E-state index is -3.73. The van der Waals surface area contributed by atoms with E-state index in [-0.39, 0.29) is 10.8 Å². The van der Waals surface area contributed by atoms with Crippen LogP contribution in [0.2, 0.25) is 0 Å². The molecule has 23 heavy (non-hydrogen) atoms. The third kappa shape index (κ3) is 3.06. The van der Waals surface area contributed by atoms with Crippen molar-refractivity contribution < 1.29 is 8.42 Å². The van der Waals surface area contributed by atoms with E-state index < -0.39 is 14.7 Å². The summed E-state index contributed by atoms with van der Waals surface area (Å²) in [6.45, 7) is 3.95. The molecule has 0 saturated carbocycles. The zero-order valence-corrected chi connectivity index (χ0v) is 14.4. The minimum absolute atomic E-state index is 0.215. The molecule has 0 aliphatic carbocycles. The maximum atomic E-state index is 13.2. The van der Waals surface area contributed by atoms with Gasteiger partial charge in [0.2, 0.25) is 0 Å². The number of rotatable bonds is 6. The van der Waals surface area contributed by atoms with Crippen LogP contribution in [0, 0.1) is 5.92 Å². The Morgan fingerprint density at radius 2 is 1.74 bits per heavy atom. The van der Waals surface area contributed by atoms with Crippen molar-refractivity contribution in [3.05, 3.63) is 36.4 Å². The van der Waals surface area contributed by atoms with Crippen LogP contribution < -0.4 is 17.2 Å². The van der Waals surface area contributed by atoms with Crippen molar-refractivity contribution in [3.63, 3.8) is 0 Å². The zero-order valence-electron chi connectivity index (χ0n) is 13.6. The third-order valence-corrected chi connectivity index (χ3v) is 7.10. The highest BCUT2D eigenvalue weighted by Crippen LogP contribution is 2.35. The van der Waals surface area contributed by atoms with Crippen LogP contribution in [0.25, 0.3) is 10.8 Å². The van der Waals surface area contributed by atoms with Crippen LogP contribution in [0.15, 0.2) is 41.3 Å². The van der Waals surface area contributed by atoms with Crippen LogP contribution in [0.5, 0.6) is 0 Å². The summed E-state index contributed by atoms with van der Waals surface area (Å²) in [6.07, 6.45) is 1.40. The number of fused-ring (bicyclic) bond motifs is 1. The van der Waals surface area contributed by atoms with Gasteiger partial charge in [-0.25, -0.2) is 8.42 Å². The van der Waals surface area contributed by atoms with E-state index in [1.165, 1.54) is 0 Å². The van der Waals surface area contributed by atoms with E-state index in [2.05, 4.69) is 0 Å². The Kier molecular flexibility index (Phi) is 4.98. The number of nitrogen functional groups attached to an aromatic ring is 1. The molecule has 0 bridgehead atoms. The predicted molar refractivity (Wildman–Crippen MR) is 95.6 cm³/mol. The lowest BCUT2D eigenvalue weighted by Gasteiger charge is -2.32. The topological polar surface area (TPSA) is 112 Å². The number of anilines is 1. The SMILES string of the molecule is CC(CCCN)C(C)(N)S(=O)(=O)c1ccc(N)c2ccccc12. The van der Waals surface area contributed by atoms with E-state index in [1.54, 1.807) is 31.2 Å². The fraction of sp³-hybridized carbons (Fsp3) is 0.412. The van der Waals surface area contributed by atoms with E-state index in [0.29, 0.717) is 24.0 Å². The van der Waals surface area contributed by atoms with Gasteiger partial charge in [0.05, 0.1) is 4.90 Å². The largest absolute Gasteiger partial charge is 0.398 e. The fourth-order valence-corrected chi connectivity index (χ4v) is 4.58. The number of nitrogens with two attached hydrogens (primary N) is 3. The lowest BCUT2D eigenvalue weighted by molar-refractivity contribution is 0.380. The standard InChI is InChI=1S/C17H25N3O2S/c1-12(6-5-11-18)17(2,20)23(21,22)16-10-9-15(19)13-7-3-4-8-14(13)16/h3-4,7-10,12H,5-6,11,18-20H2,1-2H3. The smallest absolute Gasteiger partial charge is 0.197 e. The molecule has 2 unspecified atom stereocenters. The Balaban J connectivity index is 2.58. The number of hydrogen-bond donors (Lipinski definition) is 3.